The van der Waals surface area contributed by atoms with Gasteiger partial charge in [-0.3, -0.25) is 4.79 Å². The Kier molecular flexibility index (Phi) is 4.92. The van der Waals surface area contributed by atoms with Crippen LogP contribution in [0.3, 0.4) is 0 Å². The number of allylic oxidation sites excluding steroid dienone is 5. The molecule has 17 heavy (non-hydrogen) atoms. The highest BCUT2D eigenvalue weighted by atomic mass is 16.1. The van der Waals surface area contributed by atoms with Crippen LogP contribution in [0.2, 0.25) is 0 Å². The minimum absolute atomic E-state index is 0.202. The van der Waals surface area contributed by atoms with Crippen LogP contribution in [-0.4, -0.2) is 5.78 Å². The average molecular weight is 232 g/mol. The van der Waals surface area contributed by atoms with Crippen molar-refractivity contribution in [3.63, 3.8) is 0 Å². The van der Waals surface area contributed by atoms with Gasteiger partial charge in [-0.25, -0.2) is 0 Å². The van der Waals surface area contributed by atoms with E-state index in [0.29, 0.717) is 11.8 Å². The first kappa shape index (κ1) is 14.0. The van der Waals surface area contributed by atoms with E-state index in [1.165, 1.54) is 24.0 Å². The van der Waals surface area contributed by atoms with Gasteiger partial charge >= 0.3 is 0 Å². The predicted molar refractivity (Wildman–Crippen MR) is 73.9 cm³/mol. The summed E-state index contributed by atoms with van der Waals surface area (Å²) < 4.78 is 0. The molecule has 0 fully saturated rings. The molecular formula is C16H24O. The van der Waals surface area contributed by atoms with E-state index in [1.807, 2.05) is 6.08 Å². The number of carbonyl (C=O) groups is 1. The van der Waals surface area contributed by atoms with Crippen LogP contribution in [0.25, 0.3) is 0 Å². The molecule has 0 aromatic carbocycles. The van der Waals surface area contributed by atoms with Crippen molar-refractivity contribution in [1.29, 1.82) is 0 Å². The predicted octanol–water partition coefficient (Wildman–Crippen LogP) is 4.60. The van der Waals surface area contributed by atoms with E-state index in [4.69, 9.17) is 0 Å². The molecule has 1 aliphatic carbocycles. The molecule has 0 atom stereocenters. The van der Waals surface area contributed by atoms with Crippen molar-refractivity contribution in [2.24, 2.45) is 5.41 Å². The maximum atomic E-state index is 11.6. The summed E-state index contributed by atoms with van der Waals surface area (Å²) in [5.41, 5.74) is 3.09. The Bertz CT molecular complexity index is 356. The number of hydrogen-bond donors (Lipinski definition) is 0. The van der Waals surface area contributed by atoms with Crippen LogP contribution in [-0.2, 0) is 4.79 Å². The fourth-order valence-electron chi connectivity index (χ4n) is 2.26. The smallest absolute Gasteiger partial charge is 0.156 e. The van der Waals surface area contributed by atoms with Crippen molar-refractivity contribution in [1.82, 2.24) is 0 Å². The van der Waals surface area contributed by atoms with Gasteiger partial charge in [0.15, 0.2) is 5.78 Å². The zero-order chi connectivity index (χ0) is 12.9. The Morgan fingerprint density at radius 3 is 2.82 bits per heavy atom. The summed E-state index contributed by atoms with van der Waals surface area (Å²) in [6, 6.07) is 0. The summed E-state index contributed by atoms with van der Waals surface area (Å²) in [7, 11) is 0. The molecule has 0 unspecified atom stereocenters. The number of ketones is 1. The van der Waals surface area contributed by atoms with E-state index in [9.17, 15) is 4.79 Å². The quantitative estimate of drug-likeness (QED) is 0.500. The van der Waals surface area contributed by atoms with E-state index < -0.39 is 0 Å². The first-order chi connectivity index (χ1) is 7.97. The average Bonchev–Trinajstić information content (AvgIpc) is 2.28. The van der Waals surface area contributed by atoms with Crippen LogP contribution in [0, 0.1) is 5.41 Å². The van der Waals surface area contributed by atoms with Gasteiger partial charge in [0.25, 0.3) is 0 Å². The second kappa shape index (κ2) is 6.00. The molecule has 0 bridgehead atoms. The molecule has 1 nitrogen and oxygen atoms in total. The summed E-state index contributed by atoms with van der Waals surface area (Å²) in [5, 5.41) is 0. The summed E-state index contributed by atoms with van der Waals surface area (Å²) in [6.07, 6.45) is 10.5. The fourth-order valence-corrected chi connectivity index (χ4v) is 2.26. The molecule has 0 saturated carbocycles. The molecule has 0 spiro atoms. The first-order valence-electron chi connectivity index (χ1n) is 6.49. The molecule has 0 aromatic heterocycles. The molecule has 0 heterocycles. The highest BCUT2D eigenvalue weighted by Crippen LogP contribution is 2.40. The van der Waals surface area contributed by atoms with Crippen molar-refractivity contribution in [3.05, 3.63) is 36.0 Å². The minimum Gasteiger partial charge on any atom is -0.295 e. The largest absolute Gasteiger partial charge is 0.295 e. The van der Waals surface area contributed by atoms with Gasteiger partial charge in [0.2, 0.25) is 0 Å². The van der Waals surface area contributed by atoms with Crippen molar-refractivity contribution >= 4 is 5.78 Å². The van der Waals surface area contributed by atoms with E-state index >= 15 is 0 Å². The lowest BCUT2D eigenvalue weighted by Crippen LogP contribution is -2.18. The number of rotatable bonds is 5. The zero-order valence-corrected chi connectivity index (χ0v) is 11.4. The third-order valence-corrected chi connectivity index (χ3v) is 3.81. The minimum atomic E-state index is 0.202. The Labute approximate surface area is 105 Å². The van der Waals surface area contributed by atoms with E-state index in [-0.39, 0.29) is 5.78 Å². The lowest BCUT2D eigenvalue weighted by atomic mass is 9.73. The molecule has 94 valence electrons. The van der Waals surface area contributed by atoms with Gasteiger partial charge in [0.1, 0.15) is 0 Å². The summed E-state index contributed by atoms with van der Waals surface area (Å²) in [5.74, 6) is 0.202. The van der Waals surface area contributed by atoms with Crippen LogP contribution >= 0.6 is 0 Å². The van der Waals surface area contributed by atoms with Crippen LogP contribution < -0.4 is 0 Å². The van der Waals surface area contributed by atoms with Crippen LogP contribution in [0.4, 0.5) is 0 Å². The highest BCUT2D eigenvalue weighted by Gasteiger charge is 2.25. The van der Waals surface area contributed by atoms with E-state index in [2.05, 4.69) is 27.4 Å². The third kappa shape index (κ3) is 3.99. The molecule has 0 saturated heterocycles. The van der Waals surface area contributed by atoms with Gasteiger partial charge < -0.3 is 0 Å². The Balaban J connectivity index is 2.70. The molecular weight excluding hydrogens is 208 g/mol. The molecule has 0 aliphatic heterocycles. The van der Waals surface area contributed by atoms with Crippen molar-refractivity contribution in [2.75, 3.05) is 0 Å². The molecule has 0 aromatic rings. The number of carbonyl (C=O) groups excluding carboxylic acids is 1. The first-order valence-corrected chi connectivity index (χ1v) is 6.49. The lowest BCUT2D eigenvalue weighted by Gasteiger charge is -2.32. The molecule has 0 N–H and O–H groups in total. The van der Waals surface area contributed by atoms with Crippen molar-refractivity contribution in [3.8, 4) is 0 Å². The van der Waals surface area contributed by atoms with Crippen LogP contribution in [0.1, 0.15) is 52.9 Å². The summed E-state index contributed by atoms with van der Waals surface area (Å²) in [4.78, 5) is 11.6. The fraction of sp³-hybridized carbons (Fsp3) is 0.562. The Morgan fingerprint density at radius 2 is 2.18 bits per heavy atom. The van der Waals surface area contributed by atoms with Gasteiger partial charge in [-0.15, -0.1) is 6.58 Å². The van der Waals surface area contributed by atoms with E-state index in [1.54, 1.807) is 12.2 Å². The highest BCUT2D eigenvalue weighted by molar-refractivity contribution is 5.90. The molecule has 1 aliphatic rings. The molecule has 1 rings (SSSR count). The zero-order valence-electron chi connectivity index (χ0n) is 11.4. The molecule has 0 amide bonds. The Hall–Kier alpha value is -1.11. The number of hydrogen-bond acceptors (Lipinski definition) is 1. The maximum absolute atomic E-state index is 11.6. The Morgan fingerprint density at radius 1 is 1.47 bits per heavy atom. The molecule has 1 heteroatoms. The second-order valence-corrected chi connectivity index (χ2v) is 5.51. The summed E-state index contributed by atoms with van der Waals surface area (Å²) in [6.45, 7) is 10.4. The van der Waals surface area contributed by atoms with Crippen LogP contribution in [0.5, 0.6) is 0 Å². The SMILES string of the molecule is C=CCCC(=O)/C=C/C1=C(C)C(C)(C)CCC1. The van der Waals surface area contributed by atoms with Gasteiger partial charge in [0.05, 0.1) is 0 Å². The second-order valence-electron chi connectivity index (χ2n) is 5.51. The van der Waals surface area contributed by atoms with Crippen molar-refractivity contribution < 1.29 is 4.79 Å². The van der Waals surface area contributed by atoms with Crippen LogP contribution in [0.15, 0.2) is 36.0 Å². The summed E-state index contributed by atoms with van der Waals surface area (Å²) >= 11 is 0. The topological polar surface area (TPSA) is 17.1 Å². The maximum Gasteiger partial charge on any atom is 0.156 e. The monoisotopic (exact) mass is 232 g/mol. The van der Waals surface area contributed by atoms with Gasteiger partial charge in [0, 0.05) is 6.42 Å². The van der Waals surface area contributed by atoms with Gasteiger partial charge in [-0.2, -0.15) is 0 Å². The third-order valence-electron chi connectivity index (χ3n) is 3.81. The lowest BCUT2D eigenvalue weighted by molar-refractivity contribution is -0.114. The van der Waals surface area contributed by atoms with Gasteiger partial charge in [-0.05, 0) is 49.7 Å². The standard InChI is InChI=1S/C16H24O/c1-5-6-9-15(17)11-10-14-8-7-12-16(3,4)13(14)2/h5,10-11H,1,6-9,12H2,2-4H3/b11-10+. The van der Waals surface area contributed by atoms with Crippen molar-refractivity contribution in [2.45, 2.75) is 52.9 Å². The van der Waals surface area contributed by atoms with Gasteiger partial charge in [-0.1, -0.05) is 31.6 Å². The van der Waals surface area contributed by atoms with E-state index in [0.717, 1.165) is 12.8 Å². The molecule has 0 radical (unpaired) electrons. The normalized spacial score (nSPS) is 19.7.